The van der Waals surface area contributed by atoms with Crippen molar-refractivity contribution in [3.63, 3.8) is 0 Å². The van der Waals surface area contributed by atoms with Gasteiger partial charge in [0.2, 0.25) is 0 Å². The molecule has 1 aliphatic heterocycles. The second kappa shape index (κ2) is 6.06. The van der Waals surface area contributed by atoms with Crippen LogP contribution in [0.2, 0.25) is 0 Å². The first-order valence-electron chi connectivity index (χ1n) is 7.31. The summed E-state index contributed by atoms with van der Waals surface area (Å²) in [6.07, 6.45) is 4.07. The number of hydrogen-bond acceptors (Lipinski definition) is 3. The van der Waals surface area contributed by atoms with E-state index in [1.807, 2.05) is 12.1 Å². The van der Waals surface area contributed by atoms with E-state index in [9.17, 15) is 0 Å². The molecule has 1 aromatic heterocycles. The highest BCUT2D eigenvalue weighted by Gasteiger charge is 2.14. The van der Waals surface area contributed by atoms with Gasteiger partial charge in [-0.15, -0.1) is 0 Å². The minimum absolute atomic E-state index is 0.0260. The Balaban J connectivity index is 1.76. The van der Waals surface area contributed by atoms with E-state index in [2.05, 4.69) is 34.1 Å². The summed E-state index contributed by atoms with van der Waals surface area (Å²) in [5.41, 5.74) is 10.1. The monoisotopic (exact) mass is 280 g/mol. The summed E-state index contributed by atoms with van der Waals surface area (Å²) >= 11 is 0. The molecular formula is C17H20N4. The van der Waals surface area contributed by atoms with Crippen LogP contribution in [0.15, 0.2) is 42.6 Å². The van der Waals surface area contributed by atoms with Crippen LogP contribution in [0.4, 0.5) is 0 Å². The van der Waals surface area contributed by atoms with Crippen molar-refractivity contribution < 1.29 is 0 Å². The molecule has 0 saturated carbocycles. The molecule has 4 heteroatoms. The molecule has 0 bridgehead atoms. The molecule has 0 atom stereocenters. The highest BCUT2D eigenvalue weighted by Crippen LogP contribution is 2.20. The molecule has 0 fully saturated rings. The van der Waals surface area contributed by atoms with E-state index >= 15 is 0 Å². The van der Waals surface area contributed by atoms with Crippen molar-refractivity contribution in [3.05, 3.63) is 65.0 Å². The van der Waals surface area contributed by atoms with Crippen molar-refractivity contribution in [2.75, 3.05) is 6.54 Å². The molecule has 0 radical (unpaired) electrons. The summed E-state index contributed by atoms with van der Waals surface area (Å²) in [5, 5.41) is 7.48. The highest BCUT2D eigenvalue weighted by molar-refractivity contribution is 5.93. The first kappa shape index (κ1) is 13.8. The van der Waals surface area contributed by atoms with Gasteiger partial charge in [-0.05, 0) is 48.2 Å². The number of aromatic nitrogens is 1. The van der Waals surface area contributed by atoms with Crippen LogP contribution in [-0.4, -0.2) is 22.3 Å². The first-order chi connectivity index (χ1) is 10.2. The Hall–Kier alpha value is -2.20. The third kappa shape index (κ3) is 3.28. The Morgan fingerprint density at radius 3 is 2.86 bits per heavy atom. The van der Waals surface area contributed by atoms with Crippen molar-refractivity contribution in [1.29, 1.82) is 5.41 Å². The molecule has 0 aliphatic carbocycles. The lowest BCUT2D eigenvalue weighted by Gasteiger charge is -2.20. The number of nitrogens with zero attached hydrogens (tertiary/aromatic N) is 2. The zero-order valence-corrected chi connectivity index (χ0v) is 12.0. The third-order valence-electron chi connectivity index (χ3n) is 3.94. The Morgan fingerprint density at radius 2 is 2.05 bits per heavy atom. The summed E-state index contributed by atoms with van der Waals surface area (Å²) in [6.45, 7) is 2.94. The fourth-order valence-electron chi connectivity index (χ4n) is 2.88. The van der Waals surface area contributed by atoms with Crippen LogP contribution >= 0.6 is 0 Å². The van der Waals surface area contributed by atoms with Gasteiger partial charge in [-0.3, -0.25) is 15.3 Å². The number of fused-ring (bicyclic) bond motifs is 1. The van der Waals surface area contributed by atoms with Crippen molar-refractivity contribution >= 4 is 5.84 Å². The number of hydrogen-bond donors (Lipinski definition) is 2. The van der Waals surface area contributed by atoms with Gasteiger partial charge in [0.05, 0.1) is 0 Å². The van der Waals surface area contributed by atoms with Crippen LogP contribution in [0.25, 0.3) is 0 Å². The number of aryl methyl sites for hydroxylation is 1. The van der Waals surface area contributed by atoms with Gasteiger partial charge in [0, 0.05) is 19.3 Å². The maximum absolute atomic E-state index is 7.48. The maximum Gasteiger partial charge on any atom is 0.141 e. The molecule has 21 heavy (non-hydrogen) atoms. The Morgan fingerprint density at radius 1 is 1.24 bits per heavy atom. The molecule has 2 aromatic rings. The lowest BCUT2D eigenvalue weighted by atomic mass is 10.0. The zero-order valence-electron chi connectivity index (χ0n) is 12.0. The standard InChI is InChI=1S/C17H20N4/c18-17(19)16-10-13(7-8-20-16)11-21-9-3-6-14-4-1-2-5-15(14)12-21/h1-2,4-5,7-8,10H,3,6,9,11-12H2,(H3,18,19). The lowest BCUT2D eigenvalue weighted by Crippen LogP contribution is -2.23. The number of benzene rings is 1. The molecule has 0 saturated heterocycles. The average Bonchev–Trinajstić information content (AvgIpc) is 2.69. The summed E-state index contributed by atoms with van der Waals surface area (Å²) < 4.78 is 0. The van der Waals surface area contributed by atoms with Crippen molar-refractivity contribution in [2.45, 2.75) is 25.9 Å². The molecule has 0 unspecified atom stereocenters. The largest absolute Gasteiger partial charge is 0.382 e. The van der Waals surface area contributed by atoms with E-state index in [-0.39, 0.29) is 5.84 Å². The van der Waals surface area contributed by atoms with Crippen LogP contribution in [-0.2, 0) is 19.5 Å². The fourth-order valence-corrected chi connectivity index (χ4v) is 2.88. The minimum Gasteiger partial charge on any atom is -0.382 e. The molecule has 3 N–H and O–H groups in total. The van der Waals surface area contributed by atoms with Gasteiger partial charge in [0.15, 0.2) is 0 Å². The molecule has 1 aromatic carbocycles. The Bertz CT molecular complexity index is 651. The first-order valence-corrected chi connectivity index (χ1v) is 7.31. The van der Waals surface area contributed by atoms with E-state index < -0.39 is 0 Å². The number of nitrogen functional groups attached to an aromatic ring is 1. The Kier molecular flexibility index (Phi) is 3.97. The van der Waals surface area contributed by atoms with E-state index in [1.165, 1.54) is 17.5 Å². The second-order valence-corrected chi connectivity index (χ2v) is 5.55. The van der Waals surface area contributed by atoms with Gasteiger partial charge in [0.25, 0.3) is 0 Å². The van der Waals surface area contributed by atoms with Gasteiger partial charge in [-0.25, -0.2) is 0 Å². The van der Waals surface area contributed by atoms with Gasteiger partial charge >= 0.3 is 0 Å². The topological polar surface area (TPSA) is 66.0 Å². The predicted molar refractivity (Wildman–Crippen MR) is 84.1 cm³/mol. The molecule has 108 valence electrons. The molecule has 0 amide bonds. The van der Waals surface area contributed by atoms with E-state index in [0.29, 0.717) is 5.69 Å². The SMILES string of the molecule is N=C(N)c1cc(CN2CCCc3ccccc3C2)ccn1. The molecule has 1 aliphatic rings. The maximum atomic E-state index is 7.48. The van der Waals surface area contributed by atoms with Gasteiger partial charge in [-0.1, -0.05) is 24.3 Å². The minimum atomic E-state index is 0.0260. The van der Waals surface area contributed by atoms with E-state index in [4.69, 9.17) is 11.1 Å². The average molecular weight is 280 g/mol. The number of nitrogens with one attached hydrogen (secondary N) is 1. The summed E-state index contributed by atoms with van der Waals surface area (Å²) in [5.74, 6) is 0.0260. The van der Waals surface area contributed by atoms with Crippen LogP contribution in [0.3, 0.4) is 0 Å². The van der Waals surface area contributed by atoms with Crippen molar-refractivity contribution in [1.82, 2.24) is 9.88 Å². The van der Waals surface area contributed by atoms with Gasteiger partial charge in [0.1, 0.15) is 11.5 Å². The number of nitrogens with two attached hydrogens (primary N) is 1. The number of pyridine rings is 1. The van der Waals surface area contributed by atoms with Crippen LogP contribution < -0.4 is 5.73 Å². The molecule has 0 spiro atoms. The second-order valence-electron chi connectivity index (χ2n) is 5.55. The third-order valence-corrected chi connectivity index (χ3v) is 3.94. The molecule has 3 rings (SSSR count). The summed E-state index contributed by atoms with van der Waals surface area (Å²) in [6, 6.07) is 12.6. The van der Waals surface area contributed by atoms with Crippen molar-refractivity contribution in [3.8, 4) is 0 Å². The van der Waals surface area contributed by atoms with Crippen LogP contribution in [0, 0.1) is 5.41 Å². The lowest BCUT2D eigenvalue weighted by molar-refractivity contribution is 0.261. The smallest absolute Gasteiger partial charge is 0.141 e. The quantitative estimate of drug-likeness (QED) is 0.670. The molecular weight excluding hydrogens is 260 g/mol. The van der Waals surface area contributed by atoms with Gasteiger partial charge in [-0.2, -0.15) is 0 Å². The summed E-state index contributed by atoms with van der Waals surface area (Å²) in [7, 11) is 0. The number of amidine groups is 1. The Labute approximate surface area is 125 Å². The molecule has 2 heterocycles. The number of rotatable bonds is 3. The molecule has 4 nitrogen and oxygen atoms in total. The van der Waals surface area contributed by atoms with E-state index in [0.717, 1.165) is 31.6 Å². The van der Waals surface area contributed by atoms with Crippen LogP contribution in [0.1, 0.15) is 28.8 Å². The van der Waals surface area contributed by atoms with E-state index in [1.54, 1.807) is 6.20 Å². The van der Waals surface area contributed by atoms with Crippen LogP contribution in [0.5, 0.6) is 0 Å². The normalized spacial score (nSPS) is 15.2. The summed E-state index contributed by atoms with van der Waals surface area (Å²) in [4.78, 5) is 6.57. The van der Waals surface area contributed by atoms with Gasteiger partial charge < -0.3 is 5.73 Å². The van der Waals surface area contributed by atoms with Crippen molar-refractivity contribution in [2.24, 2.45) is 5.73 Å². The highest BCUT2D eigenvalue weighted by atomic mass is 15.1. The zero-order chi connectivity index (χ0) is 14.7. The fraction of sp³-hybridized carbons (Fsp3) is 0.294. The predicted octanol–water partition coefficient (Wildman–Crippen LogP) is 2.31.